The lowest BCUT2D eigenvalue weighted by Crippen LogP contribution is -2.29. The van der Waals surface area contributed by atoms with Gasteiger partial charge >= 0.3 is 0 Å². The fraction of sp³-hybridized carbons (Fsp3) is 0.294. The van der Waals surface area contributed by atoms with E-state index >= 15 is 0 Å². The highest BCUT2D eigenvalue weighted by Gasteiger charge is 2.16. The topological polar surface area (TPSA) is 73.8 Å². The number of hydrogen-bond acceptors (Lipinski definition) is 4. The van der Waals surface area contributed by atoms with Crippen LogP contribution in [0, 0.1) is 11.7 Å². The maximum atomic E-state index is 14.0. The van der Waals surface area contributed by atoms with Gasteiger partial charge in [0.15, 0.2) is 0 Å². The van der Waals surface area contributed by atoms with Crippen LogP contribution in [-0.4, -0.2) is 32.7 Å². The van der Waals surface area contributed by atoms with E-state index in [1.807, 2.05) is 19.9 Å². The Hall–Kier alpha value is -2.47. The van der Waals surface area contributed by atoms with E-state index in [1.165, 1.54) is 12.4 Å². The fourth-order valence-corrected chi connectivity index (χ4v) is 2.48. The van der Waals surface area contributed by atoms with Crippen LogP contribution in [-0.2, 0) is 0 Å². The molecule has 2 aromatic heterocycles. The quantitative estimate of drug-likeness (QED) is 0.676. The highest BCUT2D eigenvalue weighted by Crippen LogP contribution is 2.28. The van der Waals surface area contributed by atoms with Crippen molar-refractivity contribution in [2.75, 3.05) is 11.9 Å². The number of hydrogen-bond donors (Lipinski definition) is 3. The number of aromatic amines is 1. The third kappa shape index (κ3) is 3.03. The van der Waals surface area contributed by atoms with Gasteiger partial charge in [-0.25, -0.2) is 14.4 Å². The lowest BCUT2D eigenvalue weighted by Gasteiger charge is -2.20. The zero-order valence-corrected chi connectivity index (χ0v) is 13.0. The summed E-state index contributed by atoms with van der Waals surface area (Å²) in [6.45, 7) is 4.05. The highest BCUT2D eigenvalue weighted by molar-refractivity contribution is 5.91. The molecule has 3 N–H and O–H groups in total. The molecule has 0 aliphatic heterocycles. The molecule has 0 radical (unpaired) electrons. The van der Waals surface area contributed by atoms with Crippen LogP contribution in [0.4, 0.5) is 10.2 Å². The van der Waals surface area contributed by atoms with Crippen LogP contribution < -0.4 is 5.32 Å². The molecule has 0 bridgehead atoms. The predicted molar refractivity (Wildman–Crippen MR) is 88.6 cm³/mol. The first kappa shape index (κ1) is 15.4. The molecule has 23 heavy (non-hydrogen) atoms. The molecule has 0 saturated carbocycles. The van der Waals surface area contributed by atoms with Crippen molar-refractivity contribution in [3.05, 3.63) is 42.5 Å². The van der Waals surface area contributed by atoms with Crippen LogP contribution in [0.25, 0.3) is 22.3 Å². The van der Waals surface area contributed by atoms with E-state index in [-0.39, 0.29) is 24.4 Å². The predicted octanol–water partition coefficient (Wildman–Crippen LogP) is 3.19. The van der Waals surface area contributed by atoms with Crippen LogP contribution in [0.3, 0.4) is 0 Å². The number of aliphatic hydroxyl groups excluding tert-OH is 1. The molecular weight excluding hydrogens is 295 g/mol. The van der Waals surface area contributed by atoms with Gasteiger partial charge in [0.2, 0.25) is 0 Å². The van der Waals surface area contributed by atoms with Crippen LogP contribution in [0.15, 0.2) is 36.7 Å². The summed E-state index contributed by atoms with van der Waals surface area (Å²) >= 11 is 0. The molecule has 0 saturated heterocycles. The zero-order valence-electron chi connectivity index (χ0n) is 13.0. The molecule has 0 aliphatic rings. The normalized spacial score (nSPS) is 12.7. The molecule has 1 aromatic carbocycles. The summed E-state index contributed by atoms with van der Waals surface area (Å²) in [5.41, 5.74) is 1.76. The second kappa shape index (κ2) is 6.34. The van der Waals surface area contributed by atoms with Crippen LogP contribution >= 0.6 is 0 Å². The molecule has 0 unspecified atom stereocenters. The van der Waals surface area contributed by atoms with Crippen molar-refractivity contribution in [2.45, 2.75) is 19.9 Å². The average Bonchev–Trinajstić information content (AvgIpc) is 2.97. The van der Waals surface area contributed by atoms with E-state index in [4.69, 9.17) is 0 Å². The Morgan fingerprint density at radius 2 is 2.04 bits per heavy atom. The third-order valence-electron chi connectivity index (χ3n) is 3.91. The van der Waals surface area contributed by atoms with Gasteiger partial charge in [-0.2, -0.15) is 0 Å². The number of rotatable bonds is 5. The largest absolute Gasteiger partial charge is 0.394 e. The maximum absolute atomic E-state index is 14.0. The minimum Gasteiger partial charge on any atom is -0.394 e. The van der Waals surface area contributed by atoms with Crippen LogP contribution in [0.1, 0.15) is 13.8 Å². The number of benzene rings is 1. The number of anilines is 1. The lowest BCUT2D eigenvalue weighted by atomic mass is 10.1. The van der Waals surface area contributed by atoms with Crippen molar-refractivity contribution in [1.82, 2.24) is 15.0 Å². The summed E-state index contributed by atoms with van der Waals surface area (Å²) in [6, 6.07) is 8.29. The van der Waals surface area contributed by atoms with Gasteiger partial charge in [-0.3, -0.25) is 0 Å². The number of nitrogens with zero attached hydrogens (tertiary/aromatic N) is 2. The van der Waals surface area contributed by atoms with Crippen molar-refractivity contribution in [2.24, 2.45) is 5.92 Å². The Morgan fingerprint density at radius 1 is 1.26 bits per heavy atom. The molecular formula is C17H19FN4O. The summed E-state index contributed by atoms with van der Waals surface area (Å²) in [5, 5.41) is 13.5. The first-order valence-electron chi connectivity index (χ1n) is 7.56. The van der Waals surface area contributed by atoms with Gasteiger partial charge in [-0.1, -0.05) is 26.0 Å². The Balaban J connectivity index is 2.03. The van der Waals surface area contributed by atoms with Gasteiger partial charge in [0.05, 0.1) is 23.7 Å². The molecule has 5 nitrogen and oxygen atoms in total. The second-order valence-electron chi connectivity index (χ2n) is 5.82. The van der Waals surface area contributed by atoms with Crippen LogP contribution in [0.2, 0.25) is 0 Å². The Labute approximate surface area is 133 Å². The Bertz CT molecular complexity index is 815. The van der Waals surface area contributed by atoms with Gasteiger partial charge in [0.25, 0.3) is 0 Å². The Kier molecular flexibility index (Phi) is 4.25. The molecule has 0 spiro atoms. The minimum absolute atomic E-state index is 0.00769. The van der Waals surface area contributed by atoms with E-state index in [0.29, 0.717) is 22.7 Å². The number of halogens is 1. The molecule has 2 heterocycles. The monoisotopic (exact) mass is 314 g/mol. The van der Waals surface area contributed by atoms with E-state index in [1.54, 1.807) is 18.2 Å². The van der Waals surface area contributed by atoms with Gasteiger partial charge in [0.1, 0.15) is 23.6 Å². The number of aromatic nitrogens is 3. The van der Waals surface area contributed by atoms with Gasteiger partial charge in [0, 0.05) is 5.56 Å². The van der Waals surface area contributed by atoms with Gasteiger partial charge in [-0.15, -0.1) is 0 Å². The SMILES string of the molecule is CC(C)[C@H](CO)Nc1ncnc2[nH]c(-c3ccccc3F)cc12. The number of H-pyrrole nitrogens is 1. The highest BCUT2D eigenvalue weighted by atomic mass is 19.1. The molecule has 0 amide bonds. The van der Waals surface area contributed by atoms with E-state index in [0.717, 1.165) is 5.39 Å². The summed E-state index contributed by atoms with van der Waals surface area (Å²) in [4.78, 5) is 11.6. The molecule has 0 aliphatic carbocycles. The first-order chi connectivity index (χ1) is 11.1. The lowest BCUT2D eigenvalue weighted by molar-refractivity contribution is 0.249. The standard InChI is InChI=1S/C17H19FN4O/c1-10(2)15(8-23)22-17-12-7-14(21-16(12)19-9-20-17)11-5-3-4-6-13(11)18/h3-7,9-10,15,23H,8H2,1-2H3,(H2,19,20,21,22)/t15-/m0/s1. The molecule has 3 rings (SSSR count). The van der Waals surface area contributed by atoms with Crippen molar-refractivity contribution >= 4 is 16.9 Å². The average molecular weight is 314 g/mol. The van der Waals surface area contributed by atoms with E-state index in [2.05, 4.69) is 20.3 Å². The van der Waals surface area contributed by atoms with Crippen molar-refractivity contribution in [3.8, 4) is 11.3 Å². The molecule has 3 aromatic rings. The molecule has 1 atom stereocenters. The fourth-order valence-electron chi connectivity index (χ4n) is 2.48. The molecule has 120 valence electrons. The van der Waals surface area contributed by atoms with Gasteiger partial charge < -0.3 is 15.4 Å². The number of fused-ring (bicyclic) bond motifs is 1. The van der Waals surface area contributed by atoms with E-state index in [9.17, 15) is 9.50 Å². The third-order valence-corrected chi connectivity index (χ3v) is 3.91. The summed E-state index contributed by atoms with van der Waals surface area (Å²) in [7, 11) is 0. The first-order valence-corrected chi connectivity index (χ1v) is 7.56. The summed E-state index contributed by atoms with van der Waals surface area (Å²) in [5.74, 6) is 0.577. The van der Waals surface area contributed by atoms with Crippen molar-refractivity contribution in [1.29, 1.82) is 0 Å². The summed E-state index contributed by atoms with van der Waals surface area (Å²) in [6.07, 6.45) is 1.45. The second-order valence-corrected chi connectivity index (χ2v) is 5.82. The number of aliphatic hydroxyl groups is 1. The zero-order chi connectivity index (χ0) is 16.4. The van der Waals surface area contributed by atoms with Crippen molar-refractivity contribution in [3.63, 3.8) is 0 Å². The van der Waals surface area contributed by atoms with Crippen molar-refractivity contribution < 1.29 is 9.50 Å². The summed E-state index contributed by atoms with van der Waals surface area (Å²) < 4.78 is 14.0. The molecule has 0 fully saturated rings. The number of nitrogens with one attached hydrogen (secondary N) is 2. The Morgan fingerprint density at radius 3 is 2.74 bits per heavy atom. The van der Waals surface area contributed by atoms with Crippen LogP contribution in [0.5, 0.6) is 0 Å². The van der Waals surface area contributed by atoms with Gasteiger partial charge in [-0.05, 0) is 24.1 Å². The molecule has 6 heteroatoms. The minimum atomic E-state index is -0.295. The maximum Gasteiger partial charge on any atom is 0.143 e. The smallest absolute Gasteiger partial charge is 0.143 e. The van der Waals surface area contributed by atoms with E-state index < -0.39 is 0 Å².